The molecule has 9 heteroatoms. The molecule has 0 spiro atoms. The van der Waals surface area contributed by atoms with Crippen LogP contribution in [0.15, 0.2) is 48.5 Å². The molecule has 1 fully saturated rings. The van der Waals surface area contributed by atoms with E-state index in [9.17, 15) is 13.2 Å². The number of carbonyl (C=O) groups excluding carboxylic acids is 1. The first kappa shape index (κ1) is 23.4. The highest BCUT2D eigenvalue weighted by molar-refractivity contribution is 7.89. The third-order valence-electron chi connectivity index (χ3n) is 5.31. The van der Waals surface area contributed by atoms with Crippen LogP contribution in [0.2, 0.25) is 5.02 Å². The predicted molar refractivity (Wildman–Crippen MR) is 123 cm³/mol. The highest BCUT2D eigenvalue weighted by Gasteiger charge is 2.27. The molecular weight excluding hydrogens is 438 g/mol. The summed E-state index contributed by atoms with van der Waals surface area (Å²) in [6.45, 7) is 2.07. The second-order valence-electron chi connectivity index (χ2n) is 7.35. The van der Waals surface area contributed by atoms with Gasteiger partial charge >= 0.3 is 0 Å². The van der Waals surface area contributed by atoms with Gasteiger partial charge in [0.1, 0.15) is 5.75 Å². The summed E-state index contributed by atoms with van der Waals surface area (Å²) in [5.41, 5.74) is 1.95. The fraction of sp³-hybridized carbons (Fsp3) is 0.409. The maximum absolute atomic E-state index is 12.6. The number of halogens is 1. The second kappa shape index (κ2) is 10.8. The Balaban J connectivity index is 1.39. The fourth-order valence-electron chi connectivity index (χ4n) is 3.50. The van der Waals surface area contributed by atoms with Crippen LogP contribution in [0, 0.1) is 0 Å². The van der Waals surface area contributed by atoms with E-state index in [0.29, 0.717) is 44.0 Å². The molecule has 0 radical (unpaired) electrons. The van der Waals surface area contributed by atoms with Crippen LogP contribution in [0.3, 0.4) is 0 Å². The topological polar surface area (TPSA) is 78.9 Å². The van der Waals surface area contributed by atoms with Crippen LogP contribution in [0.4, 0.5) is 5.69 Å². The van der Waals surface area contributed by atoms with E-state index in [-0.39, 0.29) is 18.2 Å². The zero-order valence-electron chi connectivity index (χ0n) is 17.6. The van der Waals surface area contributed by atoms with Gasteiger partial charge in [0, 0.05) is 39.1 Å². The van der Waals surface area contributed by atoms with E-state index in [2.05, 4.69) is 10.2 Å². The number of para-hydroxylation sites is 1. The SMILES string of the molecule is COc1ccc(CCC(=O)NCCS(=O)(=O)N2CCN(c3ccccc3Cl)CC2)cc1. The molecule has 1 aliphatic heterocycles. The number of hydrogen-bond donors (Lipinski definition) is 1. The third kappa shape index (κ3) is 6.59. The van der Waals surface area contributed by atoms with Crippen LogP contribution in [0.25, 0.3) is 0 Å². The third-order valence-corrected chi connectivity index (χ3v) is 7.50. The number of piperazine rings is 1. The van der Waals surface area contributed by atoms with Crippen LogP contribution in [-0.4, -0.2) is 64.2 Å². The van der Waals surface area contributed by atoms with Gasteiger partial charge in [0.15, 0.2) is 0 Å². The molecule has 1 aliphatic rings. The van der Waals surface area contributed by atoms with Crippen LogP contribution in [-0.2, 0) is 21.2 Å². The molecule has 0 bridgehead atoms. The van der Waals surface area contributed by atoms with Gasteiger partial charge in [-0.15, -0.1) is 0 Å². The lowest BCUT2D eigenvalue weighted by Gasteiger charge is -2.35. The summed E-state index contributed by atoms with van der Waals surface area (Å²) in [6, 6.07) is 15.1. The minimum atomic E-state index is -3.42. The lowest BCUT2D eigenvalue weighted by atomic mass is 10.1. The number of nitrogens with one attached hydrogen (secondary N) is 1. The molecule has 0 aliphatic carbocycles. The Morgan fingerprint density at radius 1 is 1.06 bits per heavy atom. The molecule has 1 amide bonds. The molecule has 1 N–H and O–H groups in total. The van der Waals surface area contributed by atoms with Crippen molar-refractivity contribution >= 4 is 33.2 Å². The number of sulfonamides is 1. The summed E-state index contributed by atoms with van der Waals surface area (Å²) in [7, 11) is -1.82. The smallest absolute Gasteiger partial charge is 0.220 e. The number of amides is 1. The fourth-order valence-corrected chi connectivity index (χ4v) is 5.10. The number of aryl methyl sites for hydroxylation is 1. The summed E-state index contributed by atoms with van der Waals surface area (Å²) >= 11 is 6.24. The lowest BCUT2D eigenvalue weighted by Crippen LogP contribution is -2.50. The number of hydrogen-bond acceptors (Lipinski definition) is 5. The largest absolute Gasteiger partial charge is 0.497 e. The first-order valence-corrected chi connectivity index (χ1v) is 12.2. The number of anilines is 1. The van der Waals surface area contributed by atoms with Crippen LogP contribution in [0.5, 0.6) is 5.75 Å². The van der Waals surface area contributed by atoms with Gasteiger partial charge < -0.3 is 15.0 Å². The van der Waals surface area contributed by atoms with Gasteiger partial charge in [-0.05, 0) is 36.2 Å². The number of nitrogens with zero attached hydrogens (tertiary/aromatic N) is 2. The van der Waals surface area contributed by atoms with E-state index in [4.69, 9.17) is 16.3 Å². The van der Waals surface area contributed by atoms with Gasteiger partial charge in [0.05, 0.1) is 23.6 Å². The predicted octanol–water partition coefficient (Wildman–Crippen LogP) is 2.55. The number of benzene rings is 2. The molecule has 0 aromatic heterocycles. The summed E-state index contributed by atoms with van der Waals surface area (Å²) in [4.78, 5) is 14.2. The average Bonchev–Trinajstić information content (AvgIpc) is 2.78. The average molecular weight is 466 g/mol. The molecule has 7 nitrogen and oxygen atoms in total. The van der Waals surface area contributed by atoms with Crippen molar-refractivity contribution in [2.75, 3.05) is 50.5 Å². The zero-order valence-corrected chi connectivity index (χ0v) is 19.2. The van der Waals surface area contributed by atoms with E-state index in [1.54, 1.807) is 7.11 Å². The summed E-state index contributed by atoms with van der Waals surface area (Å²) in [5.74, 6) is 0.508. The Bertz CT molecular complexity index is 975. The molecular formula is C22H28ClN3O4S. The van der Waals surface area contributed by atoms with E-state index in [1.807, 2.05) is 48.5 Å². The van der Waals surface area contributed by atoms with Crippen molar-refractivity contribution < 1.29 is 17.9 Å². The minimum Gasteiger partial charge on any atom is -0.497 e. The Kier molecular flexibility index (Phi) is 8.17. The number of ether oxygens (including phenoxy) is 1. The maximum atomic E-state index is 12.6. The Hall–Kier alpha value is -2.29. The van der Waals surface area contributed by atoms with Gasteiger partial charge in [-0.25, -0.2) is 8.42 Å². The van der Waals surface area contributed by atoms with Crippen molar-refractivity contribution in [2.45, 2.75) is 12.8 Å². The monoisotopic (exact) mass is 465 g/mol. The Morgan fingerprint density at radius 2 is 1.74 bits per heavy atom. The van der Waals surface area contributed by atoms with Crippen LogP contribution >= 0.6 is 11.6 Å². The van der Waals surface area contributed by atoms with Crippen LogP contribution < -0.4 is 15.0 Å². The van der Waals surface area contributed by atoms with Gasteiger partial charge in [-0.1, -0.05) is 35.9 Å². The summed E-state index contributed by atoms with van der Waals surface area (Å²) in [6.07, 6.45) is 0.898. The second-order valence-corrected chi connectivity index (χ2v) is 9.85. The van der Waals surface area contributed by atoms with Crippen molar-refractivity contribution in [3.8, 4) is 5.75 Å². The van der Waals surface area contributed by atoms with E-state index < -0.39 is 10.0 Å². The van der Waals surface area contributed by atoms with E-state index in [0.717, 1.165) is 17.0 Å². The number of rotatable bonds is 9. The van der Waals surface area contributed by atoms with Crippen molar-refractivity contribution in [3.63, 3.8) is 0 Å². The summed E-state index contributed by atoms with van der Waals surface area (Å²) in [5, 5.41) is 3.38. The summed E-state index contributed by atoms with van der Waals surface area (Å²) < 4.78 is 31.9. The molecule has 168 valence electrons. The molecule has 31 heavy (non-hydrogen) atoms. The van der Waals surface area contributed by atoms with E-state index in [1.165, 1.54) is 4.31 Å². The molecule has 0 atom stereocenters. The molecule has 2 aromatic carbocycles. The Morgan fingerprint density at radius 3 is 2.39 bits per heavy atom. The molecule has 2 aromatic rings. The van der Waals surface area contributed by atoms with Gasteiger partial charge in [0.2, 0.25) is 15.9 Å². The van der Waals surface area contributed by atoms with Crippen molar-refractivity contribution in [2.24, 2.45) is 0 Å². The first-order chi connectivity index (χ1) is 14.9. The number of methoxy groups -OCH3 is 1. The highest BCUT2D eigenvalue weighted by atomic mass is 35.5. The molecule has 1 heterocycles. The molecule has 0 saturated carbocycles. The minimum absolute atomic E-state index is 0.104. The normalized spacial score (nSPS) is 15.0. The van der Waals surface area contributed by atoms with E-state index >= 15 is 0 Å². The number of carbonyl (C=O) groups is 1. The lowest BCUT2D eigenvalue weighted by molar-refractivity contribution is -0.120. The van der Waals surface area contributed by atoms with Crippen molar-refractivity contribution in [3.05, 3.63) is 59.1 Å². The van der Waals surface area contributed by atoms with Gasteiger partial charge in [-0.2, -0.15) is 4.31 Å². The van der Waals surface area contributed by atoms with Crippen LogP contribution in [0.1, 0.15) is 12.0 Å². The van der Waals surface area contributed by atoms with Crippen molar-refractivity contribution in [1.29, 1.82) is 0 Å². The highest BCUT2D eigenvalue weighted by Crippen LogP contribution is 2.26. The maximum Gasteiger partial charge on any atom is 0.220 e. The standard InChI is InChI=1S/C22H28ClN3O4S/c1-30-19-9-6-18(7-10-19)8-11-22(27)24-12-17-31(28,29)26-15-13-25(14-16-26)21-5-3-2-4-20(21)23/h2-7,9-10H,8,11-17H2,1H3,(H,24,27). The quantitative estimate of drug-likeness (QED) is 0.615. The van der Waals surface area contributed by atoms with Gasteiger partial charge in [0.25, 0.3) is 0 Å². The van der Waals surface area contributed by atoms with Gasteiger partial charge in [-0.3, -0.25) is 4.79 Å². The first-order valence-electron chi connectivity index (χ1n) is 10.3. The van der Waals surface area contributed by atoms with Crippen molar-refractivity contribution in [1.82, 2.24) is 9.62 Å². The Labute approximate surface area is 189 Å². The zero-order chi connectivity index (χ0) is 22.3. The molecule has 1 saturated heterocycles. The molecule has 0 unspecified atom stereocenters. The molecule has 3 rings (SSSR count).